The number of rotatable bonds is 8. The van der Waals surface area contributed by atoms with Crippen molar-refractivity contribution >= 4 is 23.2 Å². The van der Waals surface area contributed by atoms with Crippen LogP contribution in [0, 0.1) is 5.92 Å². The molecule has 0 unspecified atom stereocenters. The zero-order chi connectivity index (χ0) is 21.4. The molecule has 0 saturated carbocycles. The lowest BCUT2D eigenvalue weighted by molar-refractivity contribution is -0.137. The van der Waals surface area contributed by atoms with Crippen LogP contribution in [-0.2, 0) is 22.3 Å². The maximum atomic E-state index is 12.7. The van der Waals surface area contributed by atoms with Gasteiger partial charge < -0.3 is 16.0 Å². The molecule has 29 heavy (non-hydrogen) atoms. The van der Waals surface area contributed by atoms with Crippen LogP contribution in [0.15, 0.2) is 48.5 Å². The van der Waals surface area contributed by atoms with Crippen LogP contribution >= 0.6 is 0 Å². The molecule has 0 aliphatic heterocycles. The second-order valence-electron chi connectivity index (χ2n) is 7.06. The second-order valence-corrected chi connectivity index (χ2v) is 7.06. The largest absolute Gasteiger partial charge is 0.416 e. The van der Waals surface area contributed by atoms with Crippen LogP contribution in [0.2, 0.25) is 0 Å². The van der Waals surface area contributed by atoms with Gasteiger partial charge in [-0.2, -0.15) is 13.2 Å². The van der Waals surface area contributed by atoms with Gasteiger partial charge >= 0.3 is 6.18 Å². The summed E-state index contributed by atoms with van der Waals surface area (Å²) in [6.45, 7) is 3.99. The summed E-state index contributed by atoms with van der Waals surface area (Å²) in [6, 6.07) is 11.8. The standard InChI is InChI=1S/C21H24F3N3O2/c1-14(2)9-19(28)27-18-8-3-5-15(10-18)12-26-20(29)13-25-17-7-4-6-16(11-17)21(22,23)24/h3-8,10-11,14,25H,9,12-13H2,1-2H3,(H,26,29)(H,27,28). The van der Waals surface area contributed by atoms with E-state index in [0.29, 0.717) is 12.1 Å². The van der Waals surface area contributed by atoms with Crippen LogP contribution in [0.25, 0.3) is 0 Å². The second kappa shape index (κ2) is 9.95. The lowest BCUT2D eigenvalue weighted by Gasteiger charge is -2.12. The van der Waals surface area contributed by atoms with E-state index < -0.39 is 11.7 Å². The molecule has 0 aliphatic rings. The minimum Gasteiger partial charge on any atom is -0.376 e. The molecule has 0 fully saturated rings. The minimum absolute atomic E-state index is 0.0773. The Hall–Kier alpha value is -3.03. The summed E-state index contributed by atoms with van der Waals surface area (Å²) in [7, 11) is 0. The summed E-state index contributed by atoms with van der Waals surface area (Å²) in [5, 5.41) is 8.18. The summed E-state index contributed by atoms with van der Waals surface area (Å²) >= 11 is 0. The van der Waals surface area contributed by atoms with Gasteiger partial charge in [0.2, 0.25) is 11.8 Å². The Balaban J connectivity index is 1.84. The fourth-order valence-electron chi connectivity index (χ4n) is 2.59. The minimum atomic E-state index is -4.43. The van der Waals surface area contributed by atoms with Crippen molar-refractivity contribution in [1.82, 2.24) is 5.32 Å². The average molecular weight is 407 g/mol. The topological polar surface area (TPSA) is 70.2 Å². The molecule has 0 spiro atoms. The van der Waals surface area contributed by atoms with Crippen molar-refractivity contribution in [2.75, 3.05) is 17.2 Å². The molecule has 3 N–H and O–H groups in total. The number of alkyl halides is 3. The SMILES string of the molecule is CC(C)CC(=O)Nc1cccc(CNC(=O)CNc2cccc(C(F)(F)F)c2)c1. The molecule has 2 amide bonds. The number of anilines is 2. The van der Waals surface area contributed by atoms with E-state index in [-0.39, 0.29) is 36.5 Å². The maximum absolute atomic E-state index is 12.7. The molecule has 0 aromatic heterocycles. The molecule has 156 valence electrons. The van der Waals surface area contributed by atoms with E-state index in [1.807, 2.05) is 13.8 Å². The Bertz CT molecular complexity index is 851. The molecule has 0 aliphatic carbocycles. The van der Waals surface area contributed by atoms with E-state index >= 15 is 0 Å². The normalized spacial score (nSPS) is 11.2. The van der Waals surface area contributed by atoms with Crippen LogP contribution in [0.1, 0.15) is 31.4 Å². The number of carbonyl (C=O) groups is 2. The van der Waals surface area contributed by atoms with E-state index in [0.717, 1.165) is 17.7 Å². The number of carbonyl (C=O) groups excluding carboxylic acids is 2. The van der Waals surface area contributed by atoms with Gasteiger partial charge in [-0.3, -0.25) is 9.59 Å². The van der Waals surface area contributed by atoms with Crippen molar-refractivity contribution < 1.29 is 22.8 Å². The molecule has 0 atom stereocenters. The highest BCUT2D eigenvalue weighted by Gasteiger charge is 2.30. The molecule has 2 rings (SSSR count). The van der Waals surface area contributed by atoms with Crippen molar-refractivity contribution in [3.63, 3.8) is 0 Å². The molecule has 2 aromatic carbocycles. The van der Waals surface area contributed by atoms with Crippen molar-refractivity contribution in [2.45, 2.75) is 33.0 Å². The van der Waals surface area contributed by atoms with Gasteiger partial charge in [0.05, 0.1) is 12.1 Å². The molecule has 0 saturated heterocycles. The highest BCUT2D eigenvalue weighted by Crippen LogP contribution is 2.30. The van der Waals surface area contributed by atoms with E-state index in [1.54, 1.807) is 24.3 Å². The van der Waals surface area contributed by atoms with Gasteiger partial charge in [-0.1, -0.05) is 32.0 Å². The third kappa shape index (κ3) is 7.85. The lowest BCUT2D eigenvalue weighted by Crippen LogP contribution is -2.29. The van der Waals surface area contributed by atoms with Gasteiger partial charge in [0.25, 0.3) is 0 Å². The quantitative estimate of drug-likeness (QED) is 0.607. The maximum Gasteiger partial charge on any atom is 0.416 e. The lowest BCUT2D eigenvalue weighted by atomic mass is 10.1. The van der Waals surface area contributed by atoms with E-state index in [4.69, 9.17) is 0 Å². The number of amides is 2. The average Bonchev–Trinajstić information content (AvgIpc) is 2.64. The van der Waals surface area contributed by atoms with Gasteiger partial charge in [-0.15, -0.1) is 0 Å². The summed E-state index contributed by atoms with van der Waals surface area (Å²) in [6.07, 6.45) is -4.02. The fraction of sp³-hybridized carbons (Fsp3) is 0.333. The van der Waals surface area contributed by atoms with Crippen molar-refractivity contribution in [3.05, 3.63) is 59.7 Å². The molecule has 0 bridgehead atoms. The molecule has 0 heterocycles. The third-order valence-electron chi connectivity index (χ3n) is 3.94. The number of halogens is 3. The monoisotopic (exact) mass is 407 g/mol. The van der Waals surface area contributed by atoms with Gasteiger partial charge in [-0.05, 0) is 41.8 Å². The highest BCUT2D eigenvalue weighted by molar-refractivity contribution is 5.90. The Kier molecular flexibility index (Phi) is 7.64. The van der Waals surface area contributed by atoms with E-state index in [1.165, 1.54) is 12.1 Å². The van der Waals surface area contributed by atoms with Gasteiger partial charge in [-0.25, -0.2) is 0 Å². The Morgan fingerprint density at radius 3 is 2.34 bits per heavy atom. The van der Waals surface area contributed by atoms with Gasteiger partial charge in [0.1, 0.15) is 0 Å². The summed E-state index contributed by atoms with van der Waals surface area (Å²) in [5.74, 6) is -0.190. The first-order chi connectivity index (χ1) is 13.6. The number of benzene rings is 2. The third-order valence-corrected chi connectivity index (χ3v) is 3.94. The van der Waals surface area contributed by atoms with Gasteiger partial charge in [0.15, 0.2) is 0 Å². The molecular formula is C21H24F3N3O2. The zero-order valence-electron chi connectivity index (χ0n) is 16.3. The van der Waals surface area contributed by atoms with Crippen LogP contribution in [-0.4, -0.2) is 18.4 Å². The van der Waals surface area contributed by atoms with Gasteiger partial charge in [0, 0.05) is 24.3 Å². The Labute approximate surface area is 167 Å². The summed E-state index contributed by atoms with van der Waals surface area (Å²) in [4.78, 5) is 23.8. The molecule has 2 aromatic rings. The zero-order valence-corrected chi connectivity index (χ0v) is 16.3. The Morgan fingerprint density at radius 1 is 0.966 bits per heavy atom. The first-order valence-corrected chi connectivity index (χ1v) is 9.20. The highest BCUT2D eigenvalue weighted by atomic mass is 19.4. The predicted molar refractivity (Wildman–Crippen MR) is 106 cm³/mol. The molecule has 0 radical (unpaired) electrons. The summed E-state index contributed by atoms with van der Waals surface area (Å²) < 4.78 is 38.1. The number of nitrogens with one attached hydrogen (secondary N) is 3. The van der Waals surface area contributed by atoms with Crippen LogP contribution in [0.5, 0.6) is 0 Å². The summed E-state index contributed by atoms with van der Waals surface area (Å²) in [5.41, 5.74) is 0.869. The predicted octanol–water partition coefficient (Wildman–Crippen LogP) is 4.42. The first kappa shape index (κ1) is 22.3. The van der Waals surface area contributed by atoms with Crippen molar-refractivity contribution in [1.29, 1.82) is 0 Å². The van der Waals surface area contributed by atoms with Crippen LogP contribution < -0.4 is 16.0 Å². The van der Waals surface area contributed by atoms with Crippen molar-refractivity contribution in [3.8, 4) is 0 Å². The first-order valence-electron chi connectivity index (χ1n) is 9.20. The van der Waals surface area contributed by atoms with Crippen LogP contribution in [0.3, 0.4) is 0 Å². The smallest absolute Gasteiger partial charge is 0.376 e. The number of hydrogen-bond acceptors (Lipinski definition) is 3. The Morgan fingerprint density at radius 2 is 1.66 bits per heavy atom. The molecule has 5 nitrogen and oxygen atoms in total. The van der Waals surface area contributed by atoms with Crippen molar-refractivity contribution in [2.24, 2.45) is 5.92 Å². The molecule has 8 heteroatoms. The van der Waals surface area contributed by atoms with E-state index in [2.05, 4.69) is 16.0 Å². The van der Waals surface area contributed by atoms with E-state index in [9.17, 15) is 22.8 Å². The fourth-order valence-corrected chi connectivity index (χ4v) is 2.59. The van der Waals surface area contributed by atoms with Crippen LogP contribution in [0.4, 0.5) is 24.5 Å². The molecular weight excluding hydrogens is 383 g/mol. The number of hydrogen-bond donors (Lipinski definition) is 3.